The number of hydrogen-bond donors (Lipinski definition) is 3. The Morgan fingerprint density at radius 3 is 2.30 bits per heavy atom. The van der Waals surface area contributed by atoms with Crippen LogP contribution in [0.15, 0.2) is 53.4 Å². The van der Waals surface area contributed by atoms with Crippen molar-refractivity contribution < 1.29 is 17.9 Å². The first-order valence-electron chi connectivity index (χ1n) is 8.25. The molecule has 0 radical (unpaired) electrons. The topological polar surface area (TPSA) is 96.5 Å². The molecule has 0 aromatic heterocycles. The second-order valence-corrected chi connectivity index (χ2v) is 7.75. The number of carbonyl (C=O) groups is 1. The molecule has 27 heavy (non-hydrogen) atoms. The molecule has 3 N–H and O–H groups in total. The summed E-state index contributed by atoms with van der Waals surface area (Å²) in [4.78, 5) is 12.3. The lowest BCUT2D eigenvalue weighted by Gasteiger charge is -2.22. The normalized spacial score (nSPS) is 16.9. The molecule has 1 heterocycles. The van der Waals surface area contributed by atoms with Crippen molar-refractivity contribution >= 4 is 39.7 Å². The van der Waals surface area contributed by atoms with E-state index in [1.54, 1.807) is 48.5 Å². The van der Waals surface area contributed by atoms with Crippen LogP contribution in [0.2, 0.25) is 0 Å². The van der Waals surface area contributed by atoms with Crippen LogP contribution in [0, 0.1) is 6.92 Å². The Balaban J connectivity index is 0.00000261. The van der Waals surface area contributed by atoms with E-state index in [0.717, 1.165) is 5.56 Å². The molecule has 1 saturated heterocycles. The molecule has 146 valence electrons. The summed E-state index contributed by atoms with van der Waals surface area (Å²) in [5, 5.41) is 5.86. The highest BCUT2D eigenvalue weighted by molar-refractivity contribution is 7.92. The van der Waals surface area contributed by atoms with Gasteiger partial charge in [0, 0.05) is 17.9 Å². The maximum Gasteiger partial charge on any atom is 0.261 e. The van der Waals surface area contributed by atoms with E-state index in [1.165, 1.54) is 0 Å². The number of benzene rings is 2. The third-order valence-electron chi connectivity index (χ3n) is 3.97. The molecule has 0 saturated carbocycles. The van der Waals surface area contributed by atoms with E-state index in [0.29, 0.717) is 31.1 Å². The lowest BCUT2D eigenvalue weighted by molar-refractivity contribution is -0.120. The molecule has 1 atom stereocenters. The molecule has 1 fully saturated rings. The number of aryl methyl sites for hydroxylation is 1. The first kappa shape index (κ1) is 21.2. The van der Waals surface area contributed by atoms with Crippen molar-refractivity contribution in [2.45, 2.75) is 17.9 Å². The Morgan fingerprint density at radius 1 is 1.07 bits per heavy atom. The van der Waals surface area contributed by atoms with E-state index in [2.05, 4.69) is 15.4 Å². The smallest absolute Gasteiger partial charge is 0.261 e. The van der Waals surface area contributed by atoms with Crippen molar-refractivity contribution in [2.75, 3.05) is 29.8 Å². The number of rotatable bonds is 5. The number of morpholine rings is 1. The highest BCUT2D eigenvalue weighted by Gasteiger charge is 2.21. The number of sulfonamides is 1. The van der Waals surface area contributed by atoms with E-state index in [4.69, 9.17) is 4.74 Å². The van der Waals surface area contributed by atoms with Gasteiger partial charge in [-0.05, 0) is 43.3 Å². The summed E-state index contributed by atoms with van der Waals surface area (Å²) in [5.41, 5.74) is 1.99. The van der Waals surface area contributed by atoms with Gasteiger partial charge in [-0.3, -0.25) is 9.52 Å². The molecule has 0 spiro atoms. The van der Waals surface area contributed by atoms with Crippen LogP contribution in [-0.2, 0) is 19.6 Å². The minimum atomic E-state index is -3.65. The van der Waals surface area contributed by atoms with Crippen molar-refractivity contribution in [2.24, 2.45) is 0 Å². The number of anilines is 2. The van der Waals surface area contributed by atoms with Crippen molar-refractivity contribution in [1.82, 2.24) is 5.32 Å². The molecular weight excluding hydrogens is 390 g/mol. The summed E-state index contributed by atoms with van der Waals surface area (Å²) in [6, 6.07) is 12.7. The number of halogens is 1. The van der Waals surface area contributed by atoms with Gasteiger partial charge in [0.1, 0.15) is 6.04 Å². The van der Waals surface area contributed by atoms with Crippen LogP contribution in [0.1, 0.15) is 5.56 Å². The average molecular weight is 412 g/mol. The molecular formula is C18H22ClN3O4S. The standard InChI is InChI=1S/C18H21N3O4S.ClH/c1-13-2-8-16(9-3-13)26(23,24)21-15-6-4-14(5-7-15)20-18(22)17-12-25-11-10-19-17;/h2-9,17,19,21H,10-12H2,1H3,(H,20,22);1H. The van der Waals surface area contributed by atoms with Gasteiger partial charge in [0.25, 0.3) is 10.0 Å². The van der Waals surface area contributed by atoms with Gasteiger partial charge in [0.05, 0.1) is 18.1 Å². The SMILES string of the molecule is Cc1ccc(S(=O)(=O)Nc2ccc(NC(=O)C3COCCN3)cc2)cc1.Cl. The Hall–Kier alpha value is -2.13. The lowest BCUT2D eigenvalue weighted by atomic mass is 10.2. The summed E-state index contributed by atoms with van der Waals surface area (Å²) >= 11 is 0. The van der Waals surface area contributed by atoms with Crippen LogP contribution in [0.25, 0.3) is 0 Å². The summed E-state index contributed by atoms with van der Waals surface area (Å²) < 4.78 is 32.5. The highest BCUT2D eigenvalue weighted by atomic mass is 35.5. The van der Waals surface area contributed by atoms with Crippen molar-refractivity contribution in [3.63, 3.8) is 0 Å². The molecule has 2 aromatic rings. The van der Waals surface area contributed by atoms with Crippen molar-refractivity contribution in [1.29, 1.82) is 0 Å². The summed E-state index contributed by atoms with van der Waals surface area (Å²) in [7, 11) is -3.65. The van der Waals surface area contributed by atoms with Crippen LogP contribution in [0.3, 0.4) is 0 Å². The van der Waals surface area contributed by atoms with Gasteiger partial charge in [0.2, 0.25) is 5.91 Å². The van der Waals surface area contributed by atoms with Crippen LogP contribution >= 0.6 is 12.4 Å². The number of hydrogen-bond acceptors (Lipinski definition) is 5. The van der Waals surface area contributed by atoms with Crippen LogP contribution in [0.5, 0.6) is 0 Å². The maximum absolute atomic E-state index is 12.4. The van der Waals surface area contributed by atoms with E-state index >= 15 is 0 Å². The average Bonchev–Trinajstić information content (AvgIpc) is 2.64. The largest absolute Gasteiger partial charge is 0.378 e. The molecule has 2 aromatic carbocycles. The molecule has 0 bridgehead atoms. The van der Waals surface area contributed by atoms with Gasteiger partial charge in [-0.25, -0.2) is 8.42 Å². The van der Waals surface area contributed by atoms with Crippen LogP contribution < -0.4 is 15.4 Å². The second-order valence-electron chi connectivity index (χ2n) is 6.07. The van der Waals surface area contributed by atoms with Gasteiger partial charge in [-0.1, -0.05) is 17.7 Å². The molecule has 1 unspecified atom stereocenters. The molecule has 1 aliphatic heterocycles. The quantitative estimate of drug-likeness (QED) is 0.700. The first-order valence-corrected chi connectivity index (χ1v) is 9.74. The van der Waals surface area contributed by atoms with Gasteiger partial charge in [-0.15, -0.1) is 12.4 Å². The monoisotopic (exact) mass is 411 g/mol. The predicted molar refractivity (Wildman–Crippen MR) is 107 cm³/mol. The minimum absolute atomic E-state index is 0. The van der Waals surface area contributed by atoms with Crippen LogP contribution in [-0.4, -0.2) is 40.1 Å². The van der Waals surface area contributed by atoms with E-state index in [-0.39, 0.29) is 29.3 Å². The molecule has 7 nitrogen and oxygen atoms in total. The third-order valence-corrected chi connectivity index (χ3v) is 5.37. The fourth-order valence-corrected chi connectivity index (χ4v) is 3.57. The zero-order valence-corrected chi connectivity index (χ0v) is 16.4. The van der Waals surface area contributed by atoms with Gasteiger partial charge >= 0.3 is 0 Å². The Kier molecular flexibility index (Phi) is 7.20. The van der Waals surface area contributed by atoms with E-state index < -0.39 is 10.0 Å². The fourth-order valence-electron chi connectivity index (χ4n) is 2.52. The molecule has 3 rings (SSSR count). The predicted octanol–water partition coefficient (Wildman–Crippen LogP) is 2.14. The molecule has 9 heteroatoms. The summed E-state index contributed by atoms with van der Waals surface area (Å²) in [5.74, 6) is -0.183. The number of ether oxygens (including phenoxy) is 1. The van der Waals surface area contributed by atoms with Crippen LogP contribution in [0.4, 0.5) is 11.4 Å². The third kappa shape index (κ3) is 5.67. The van der Waals surface area contributed by atoms with Crippen molar-refractivity contribution in [3.05, 3.63) is 54.1 Å². The summed E-state index contributed by atoms with van der Waals surface area (Å²) in [6.07, 6.45) is 0. The minimum Gasteiger partial charge on any atom is -0.378 e. The molecule has 1 amide bonds. The van der Waals surface area contributed by atoms with Crippen molar-refractivity contribution in [3.8, 4) is 0 Å². The molecule has 0 aliphatic carbocycles. The number of carbonyl (C=O) groups excluding carboxylic acids is 1. The second kappa shape index (κ2) is 9.18. The van der Waals surface area contributed by atoms with E-state index in [1.807, 2.05) is 6.92 Å². The zero-order valence-electron chi connectivity index (χ0n) is 14.8. The Bertz CT molecular complexity index is 864. The van der Waals surface area contributed by atoms with E-state index in [9.17, 15) is 13.2 Å². The Labute approximate surface area is 165 Å². The highest BCUT2D eigenvalue weighted by Crippen LogP contribution is 2.19. The summed E-state index contributed by atoms with van der Waals surface area (Å²) in [6.45, 7) is 3.46. The number of amides is 1. The molecule has 1 aliphatic rings. The maximum atomic E-state index is 12.4. The number of nitrogens with one attached hydrogen (secondary N) is 3. The zero-order chi connectivity index (χ0) is 18.6. The van der Waals surface area contributed by atoms with Gasteiger partial charge < -0.3 is 15.4 Å². The first-order chi connectivity index (χ1) is 12.4. The van der Waals surface area contributed by atoms with Gasteiger partial charge in [0.15, 0.2) is 0 Å². The lowest BCUT2D eigenvalue weighted by Crippen LogP contribution is -2.48. The fraction of sp³-hybridized carbons (Fsp3) is 0.278. The Morgan fingerprint density at radius 2 is 1.70 bits per heavy atom. The van der Waals surface area contributed by atoms with Gasteiger partial charge in [-0.2, -0.15) is 0 Å².